The average Bonchev–Trinajstić information content (AvgIpc) is 4.12. The summed E-state index contributed by atoms with van der Waals surface area (Å²) in [5, 5.41) is 19.9. The number of nitrogens with two attached hydrogens (primary N) is 1. The Balaban J connectivity index is 0.000000277. The van der Waals surface area contributed by atoms with E-state index in [-0.39, 0.29) is 49.9 Å². The van der Waals surface area contributed by atoms with Crippen molar-refractivity contribution in [2.24, 2.45) is 0 Å². The van der Waals surface area contributed by atoms with Crippen LogP contribution in [0.4, 0.5) is 11.6 Å². The maximum Gasteiger partial charge on any atom is 0.351 e. The molecule has 0 aliphatic carbocycles. The number of esters is 1. The van der Waals surface area contributed by atoms with E-state index in [1.807, 2.05) is 18.2 Å². The number of carboxylic acids is 1. The number of nitrogens with zero attached hydrogens (tertiary/aromatic N) is 4. The third kappa shape index (κ3) is 24.4. The molecule has 0 unspecified atom stereocenters. The molecule has 1 amide bonds. The number of benzene rings is 3. The van der Waals surface area contributed by atoms with Gasteiger partial charge in [-0.1, -0.05) is 149 Å². The molecule has 76 heavy (non-hydrogen) atoms. The number of anilines is 2. The zero-order chi connectivity index (χ0) is 54.0. The molecule has 2 aromatic heterocycles. The molecule has 5 aromatic rings. The molecule has 0 spiro atoms. The van der Waals surface area contributed by atoms with E-state index in [1.54, 1.807) is 6.07 Å². The van der Waals surface area contributed by atoms with Crippen molar-refractivity contribution in [1.82, 2.24) is 19.1 Å². The first-order chi connectivity index (χ1) is 37.1. The lowest BCUT2D eigenvalue weighted by molar-refractivity contribution is -0.159. The average molecular weight is 1050 g/mol. The molecule has 4 heterocycles. The number of rotatable bonds is 30. The standard InChI is InChI=1S/C36H47N3O6.C14H20O2.C8H11N3O4/c40-32(23-15-5-1-3-9-17-29-19-11-7-12-20-29)37-31-25-26-39(36(42)38-31)33-27-44-35(45-33)28-43-34(41)24-16-6-2-4-10-18-30-21-13-8-14-22-30;15-14(16)12-8-3-1-2-5-9-13-10-6-4-7-11-13;9-5-1-2-11(8(13)10-5)6-4-14-7(3-12)15-6/h7-8,11-14,19-22,25-26,33,35H,1-6,9-10,15-18,23-24,27-28H2,(H,37,38,40,42);4,6-7,10-11H,1-3,5,8-9,12H2,(H,15,16);1-2,6-7,12H,3-4H2,(H2,9,10,13)/t33-,35-;;6-,7-/m0.0/s1. The summed E-state index contributed by atoms with van der Waals surface area (Å²) < 4.78 is 29.5. The molecule has 2 saturated heterocycles. The number of carbonyl (C=O) groups is 3. The number of amides is 1. The molecular weight excluding hydrogens is 973 g/mol. The van der Waals surface area contributed by atoms with Gasteiger partial charge in [-0.05, 0) is 86.6 Å². The highest BCUT2D eigenvalue weighted by molar-refractivity contribution is 5.89. The van der Waals surface area contributed by atoms with E-state index in [4.69, 9.17) is 39.6 Å². The molecular formula is C58H78N6O12. The number of hydrogen-bond acceptors (Lipinski definition) is 14. The third-order valence-electron chi connectivity index (χ3n) is 12.7. The fraction of sp³-hybridized carbons (Fsp3) is 0.500. The van der Waals surface area contributed by atoms with E-state index in [0.717, 1.165) is 103 Å². The van der Waals surface area contributed by atoms with Crippen LogP contribution >= 0.6 is 0 Å². The van der Waals surface area contributed by atoms with Gasteiger partial charge in [0.05, 0.1) is 19.8 Å². The van der Waals surface area contributed by atoms with Gasteiger partial charge in [0.25, 0.3) is 0 Å². The third-order valence-corrected chi connectivity index (χ3v) is 12.7. The lowest BCUT2D eigenvalue weighted by atomic mass is 10.0. The van der Waals surface area contributed by atoms with Gasteiger partial charge in [0.2, 0.25) is 5.91 Å². The summed E-state index contributed by atoms with van der Waals surface area (Å²) in [4.78, 5) is 66.3. The summed E-state index contributed by atoms with van der Waals surface area (Å²) in [6.45, 7) is 0.0595. The number of carboxylic acid groups (broad SMARTS) is 1. The van der Waals surface area contributed by atoms with Gasteiger partial charge in [0, 0.05) is 31.7 Å². The Hall–Kier alpha value is -6.57. The van der Waals surface area contributed by atoms with Crippen LogP contribution in [0.3, 0.4) is 0 Å². The van der Waals surface area contributed by atoms with E-state index in [1.165, 1.54) is 57.1 Å². The minimum Gasteiger partial charge on any atom is -0.481 e. The van der Waals surface area contributed by atoms with E-state index >= 15 is 0 Å². The summed E-state index contributed by atoms with van der Waals surface area (Å²) in [6.07, 6.45) is 20.5. The van der Waals surface area contributed by atoms with Gasteiger partial charge in [-0.15, -0.1) is 0 Å². The highest BCUT2D eigenvalue weighted by Gasteiger charge is 2.30. The zero-order valence-electron chi connectivity index (χ0n) is 43.8. The summed E-state index contributed by atoms with van der Waals surface area (Å²) in [5.74, 6) is -0.742. The van der Waals surface area contributed by atoms with Crippen LogP contribution in [0.5, 0.6) is 0 Å². The van der Waals surface area contributed by atoms with E-state index in [2.05, 4.69) is 88.1 Å². The van der Waals surface area contributed by atoms with E-state index < -0.39 is 42.4 Å². The van der Waals surface area contributed by atoms with Gasteiger partial charge in [-0.3, -0.25) is 23.5 Å². The van der Waals surface area contributed by atoms with E-state index in [0.29, 0.717) is 19.3 Å². The van der Waals surface area contributed by atoms with Crippen molar-refractivity contribution in [1.29, 1.82) is 0 Å². The number of aliphatic carboxylic acids is 1. The van der Waals surface area contributed by atoms with Crippen molar-refractivity contribution < 1.29 is 48.3 Å². The molecule has 412 valence electrons. The predicted molar refractivity (Wildman–Crippen MR) is 289 cm³/mol. The number of aliphatic hydroxyl groups excluding tert-OH is 1. The maximum absolute atomic E-state index is 12.6. The second-order valence-electron chi connectivity index (χ2n) is 18.8. The van der Waals surface area contributed by atoms with Crippen molar-refractivity contribution >= 4 is 29.5 Å². The van der Waals surface area contributed by atoms with Crippen molar-refractivity contribution in [2.45, 2.75) is 160 Å². The van der Waals surface area contributed by atoms with Crippen molar-refractivity contribution in [3.05, 3.63) is 153 Å². The van der Waals surface area contributed by atoms with Crippen LogP contribution < -0.4 is 22.4 Å². The molecule has 0 radical (unpaired) electrons. The highest BCUT2D eigenvalue weighted by Crippen LogP contribution is 2.22. The van der Waals surface area contributed by atoms with Crippen molar-refractivity contribution in [2.75, 3.05) is 37.5 Å². The second kappa shape index (κ2) is 35.6. The number of unbranched alkanes of at least 4 members (excludes halogenated alkanes) is 12. The van der Waals surface area contributed by atoms with Gasteiger partial charge in [0.1, 0.15) is 18.2 Å². The number of nitrogens with one attached hydrogen (secondary N) is 1. The van der Waals surface area contributed by atoms with Crippen LogP contribution in [-0.2, 0) is 57.3 Å². The zero-order valence-corrected chi connectivity index (χ0v) is 43.8. The molecule has 18 nitrogen and oxygen atoms in total. The quantitative estimate of drug-likeness (QED) is 0.0247. The number of nitrogen functional groups attached to an aromatic ring is 1. The fourth-order valence-electron chi connectivity index (χ4n) is 8.49. The smallest absolute Gasteiger partial charge is 0.351 e. The van der Waals surface area contributed by atoms with E-state index in [9.17, 15) is 24.0 Å². The minimum atomic E-state index is -0.749. The molecule has 3 aromatic carbocycles. The van der Waals surface area contributed by atoms with Gasteiger partial charge in [-0.25, -0.2) is 9.59 Å². The van der Waals surface area contributed by atoms with Crippen LogP contribution in [0.1, 0.15) is 145 Å². The number of aryl methyl sites for hydroxylation is 3. The van der Waals surface area contributed by atoms with Crippen molar-refractivity contribution in [3.8, 4) is 0 Å². The lowest BCUT2D eigenvalue weighted by Crippen LogP contribution is -2.29. The Morgan fingerprint density at radius 3 is 1.47 bits per heavy atom. The molecule has 2 fully saturated rings. The number of hydrogen-bond donors (Lipinski definition) is 4. The summed E-state index contributed by atoms with van der Waals surface area (Å²) in [6, 6.07) is 34.5. The number of aromatic nitrogens is 4. The highest BCUT2D eigenvalue weighted by atomic mass is 16.7. The number of ether oxygens (including phenoxy) is 5. The van der Waals surface area contributed by atoms with Gasteiger partial charge >= 0.3 is 23.3 Å². The van der Waals surface area contributed by atoms with Crippen LogP contribution in [0.2, 0.25) is 0 Å². The van der Waals surface area contributed by atoms with Crippen LogP contribution in [0, 0.1) is 0 Å². The molecule has 5 N–H and O–H groups in total. The summed E-state index contributed by atoms with van der Waals surface area (Å²) in [7, 11) is 0. The summed E-state index contributed by atoms with van der Waals surface area (Å²) >= 11 is 0. The van der Waals surface area contributed by atoms with Crippen LogP contribution in [0.25, 0.3) is 0 Å². The first-order valence-corrected chi connectivity index (χ1v) is 26.9. The largest absolute Gasteiger partial charge is 0.481 e. The van der Waals surface area contributed by atoms with Crippen molar-refractivity contribution in [3.63, 3.8) is 0 Å². The Kier molecular flexibility index (Phi) is 28.3. The normalized spacial score (nSPS) is 16.7. The Morgan fingerprint density at radius 1 is 0.566 bits per heavy atom. The van der Waals surface area contributed by atoms with Crippen LogP contribution in [-0.4, -0.2) is 86.2 Å². The number of carbonyl (C=O) groups excluding carboxylic acids is 2. The maximum atomic E-state index is 12.6. The first kappa shape index (κ1) is 60.3. The molecule has 4 atom stereocenters. The summed E-state index contributed by atoms with van der Waals surface area (Å²) in [5.41, 5.74) is 8.41. The van der Waals surface area contributed by atoms with Gasteiger partial charge < -0.3 is 44.9 Å². The molecule has 2 aliphatic rings. The SMILES string of the molecule is Nc1ccn([C@@H]2CO[C@H](CO)O2)c(=O)n1.O=C(CCCCCCCc1ccccc1)Nc1ccn([C@@H]2CO[C@H](COC(=O)CCCCCCCc3ccccc3)O2)c(=O)n1.O=C(O)CCCCCCCc1ccccc1. The second-order valence-corrected chi connectivity index (χ2v) is 18.8. The minimum absolute atomic E-state index is 0.0320. The first-order valence-electron chi connectivity index (χ1n) is 26.9. The Labute approximate surface area is 445 Å². The van der Waals surface area contributed by atoms with Crippen LogP contribution in [0.15, 0.2) is 125 Å². The van der Waals surface area contributed by atoms with Gasteiger partial charge in [0.15, 0.2) is 25.0 Å². The lowest BCUT2D eigenvalue weighted by Gasteiger charge is -2.14. The topological polar surface area (TPSA) is 246 Å². The molecule has 0 bridgehead atoms. The Morgan fingerprint density at radius 2 is 1.00 bits per heavy atom. The molecule has 2 aliphatic heterocycles. The molecule has 7 rings (SSSR count). The molecule has 0 saturated carbocycles. The monoisotopic (exact) mass is 1050 g/mol. The fourth-order valence-corrected chi connectivity index (χ4v) is 8.49. The molecule has 18 heteroatoms. The predicted octanol–water partition coefficient (Wildman–Crippen LogP) is 9.11. The number of aliphatic hydroxyl groups is 1. The van der Waals surface area contributed by atoms with Gasteiger partial charge in [-0.2, -0.15) is 9.97 Å². The Bertz CT molecular complexity index is 2530.